The van der Waals surface area contributed by atoms with Crippen LogP contribution in [0.25, 0.3) is 0 Å². The third-order valence-electron chi connectivity index (χ3n) is 1.96. The Morgan fingerprint density at radius 3 is 1.00 bits per heavy atom. The summed E-state index contributed by atoms with van der Waals surface area (Å²) in [5.41, 5.74) is 0. The van der Waals surface area contributed by atoms with Gasteiger partial charge in [-0.2, -0.15) is 0 Å². The summed E-state index contributed by atoms with van der Waals surface area (Å²) in [7, 11) is 0. The van der Waals surface area contributed by atoms with E-state index in [1.165, 1.54) is 51.4 Å². The first kappa shape index (κ1) is 30.1. The van der Waals surface area contributed by atoms with Gasteiger partial charge in [0.25, 0.3) is 0 Å². The summed E-state index contributed by atoms with van der Waals surface area (Å²) >= 11 is 0. The summed E-state index contributed by atoms with van der Waals surface area (Å²) in [4.78, 5) is 16.7. The topological polar surface area (TPSA) is 81.8 Å². The maximum atomic E-state index is 8.35. The molecule has 0 aliphatic rings. The van der Waals surface area contributed by atoms with E-state index in [1.54, 1.807) is 0 Å². The monoisotopic (exact) mass is 260 g/mol. The zero-order valence-corrected chi connectivity index (χ0v) is 10.5. The summed E-state index contributed by atoms with van der Waals surface area (Å²) in [5, 5.41) is 10.8. The van der Waals surface area contributed by atoms with Crippen molar-refractivity contribution in [2.45, 2.75) is 80.1 Å². The van der Waals surface area contributed by atoms with Crippen molar-refractivity contribution in [2.24, 2.45) is 0 Å². The molecule has 0 rings (SSSR count). The van der Waals surface area contributed by atoms with E-state index in [2.05, 4.69) is 13.8 Å². The molecule has 2 N–H and O–H groups in total. The molecule has 18 heavy (non-hydrogen) atoms. The van der Waals surface area contributed by atoms with E-state index in [4.69, 9.17) is 20.4 Å². The predicted molar refractivity (Wildman–Crippen MR) is 78.6 cm³/mol. The Labute approximate surface area is 113 Å². The first-order valence-electron chi connectivity index (χ1n) is 5.82. The number of hydrogen-bond donors (Lipinski definition) is 2. The number of hydrogen-bond acceptors (Lipinski definition) is 4. The molecule has 0 atom stereocenters. The summed E-state index contributed by atoms with van der Waals surface area (Å²) in [5.74, 6) is 0. The lowest BCUT2D eigenvalue weighted by Gasteiger charge is -1.97. The average Bonchev–Trinajstić information content (AvgIpc) is 2.26. The van der Waals surface area contributed by atoms with Gasteiger partial charge in [-0.05, 0) is 0 Å². The fraction of sp³-hybridized carbons (Fsp3) is 0.857. The second-order valence-corrected chi connectivity index (χ2v) is 3.33. The Morgan fingerprint density at radius 1 is 0.667 bits per heavy atom. The van der Waals surface area contributed by atoms with Crippen LogP contribution in [0.15, 0.2) is 0 Å². The van der Waals surface area contributed by atoms with E-state index < -0.39 is 0 Å². The fourth-order valence-corrected chi connectivity index (χ4v) is 1.21. The van der Waals surface area contributed by atoms with Gasteiger partial charge in [-0.15, -0.1) is 0 Å². The van der Waals surface area contributed by atoms with Gasteiger partial charge >= 0.3 is 0 Å². The molecular weight excluding hydrogens is 228 g/mol. The zero-order chi connectivity index (χ0) is 13.1. The maximum absolute atomic E-state index is 8.35. The number of isocyanates is 2. The normalized spacial score (nSPS) is 6.56. The highest BCUT2D eigenvalue weighted by Gasteiger charge is 1.87. The molecule has 0 unspecified atom stereocenters. The molecule has 0 aromatic rings. The van der Waals surface area contributed by atoms with Crippen LogP contribution in [0, 0.1) is 10.8 Å². The van der Waals surface area contributed by atoms with Crippen LogP contribution in [0.2, 0.25) is 0 Å². The largest absolute Gasteiger partial charge is 0.231 e. The standard InChI is InChI=1S/C10H22.2CHNO.2CH4/c1-3-5-7-9-10-8-6-4-2;2*2-1-3;;/h3-10H2,1-2H3;2*2H;2*1H4. The number of rotatable bonds is 7. The molecule has 0 bridgehead atoms. The Hall–Kier alpha value is -1.24. The van der Waals surface area contributed by atoms with Crippen molar-refractivity contribution in [3.8, 4) is 0 Å². The second-order valence-electron chi connectivity index (χ2n) is 3.33. The molecule has 0 amide bonds. The van der Waals surface area contributed by atoms with Crippen molar-refractivity contribution in [1.82, 2.24) is 0 Å². The van der Waals surface area contributed by atoms with Crippen molar-refractivity contribution in [3.63, 3.8) is 0 Å². The molecule has 0 spiro atoms. The van der Waals surface area contributed by atoms with Crippen LogP contribution in [-0.2, 0) is 9.59 Å². The number of carbonyl (C=O) groups excluding carboxylic acids is 2. The zero-order valence-electron chi connectivity index (χ0n) is 10.5. The molecule has 0 saturated carbocycles. The third kappa shape index (κ3) is 84.2. The van der Waals surface area contributed by atoms with Gasteiger partial charge in [0.2, 0.25) is 12.2 Å². The van der Waals surface area contributed by atoms with Crippen molar-refractivity contribution in [1.29, 1.82) is 10.8 Å². The van der Waals surface area contributed by atoms with Gasteiger partial charge < -0.3 is 0 Å². The molecule has 0 fully saturated rings. The SMILES string of the molecule is C.C.CCCCCCCCCC.N=C=O.N=C=O. The van der Waals surface area contributed by atoms with Crippen LogP contribution >= 0.6 is 0 Å². The molecule has 0 radical (unpaired) electrons. The van der Waals surface area contributed by atoms with Crippen LogP contribution in [0.3, 0.4) is 0 Å². The summed E-state index contributed by atoms with van der Waals surface area (Å²) in [6.45, 7) is 4.54. The molecule has 0 aliphatic heterocycles. The summed E-state index contributed by atoms with van der Waals surface area (Å²) in [6, 6.07) is 0. The molecule has 0 aromatic heterocycles. The third-order valence-corrected chi connectivity index (χ3v) is 1.96. The molecule has 110 valence electrons. The highest BCUT2D eigenvalue weighted by atomic mass is 16.1. The van der Waals surface area contributed by atoms with E-state index >= 15 is 0 Å². The summed E-state index contributed by atoms with van der Waals surface area (Å²) < 4.78 is 0. The van der Waals surface area contributed by atoms with Crippen molar-refractivity contribution in [2.75, 3.05) is 0 Å². The minimum atomic E-state index is 0. The van der Waals surface area contributed by atoms with Gasteiger partial charge in [0.1, 0.15) is 0 Å². The fourth-order valence-electron chi connectivity index (χ4n) is 1.21. The first-order valence-corrected chi connectivity index (χ1v) is 5.82. The predicted octanol–water partition coefficient (Wildman–Crippen LogP) is 5.22. The second kappa shape index (κ2) is 44.7. The molecular formula is C14H32N2O2. The first-order chi connectivity index (χ1) is 7.74. The lowest BCUT2D eigenvalue weighted by atomic mass is 10.1. The van der Waals surface area contributed by atoms with E-state index in [9.17, 15) is 0 Å². The summed E-state index contributed by atoms with van der Waals surface area (Å²) in [6.07, 6.45) is 13.0. The van der Waals surface area contributed by atoms with Gasteiger partial charge in [-0.1, -0.05) is 80.1 Å². The number of unbranched alkanes of at least 4 members (excludes halogenated alkanes) is 7. The van der Waals surface area contributed by atoms with E-state index in [0.717, 1.165) is 12.2 Å². The van der Waals surface area contributed by atoms with Crippen LogP contribution in [0.4, 0.5) is 0 Å². The lowest BCUT2D eigenvalue weighted by molar-refractivity contribution is 0.562. The van der Waals surface area contributed by atoms with E-state index in [0.29, 0.717) is 0 Å². The highest BCUT2D eigenvalue weighted by Crippen LogP contribution is 2.07. The van der Waals surface area contributed by atoms with Crippen molar-refractivity contribution < 1.29 is 9.59 Å². The molecule has 4 nitrogen and oxygen atoms in total. The molecule has 0 aliphatic carbocycles. The van der Waals surface area contributed by atoms with Crippen LogP contribution in [0.1, 0.15) is 80.1 Å². The minimum absolute atomic E-state index is 0. The average molecular weight is 260 g/mol. The van der Waals surface area contributed by atoms with Crippen LogP contribution in [0.5, 0.6) is 0 Å². The van der Waals surface area contributed by atoms with Crippen molar-refractivity contribution in [3.05, 3.63) is 0 Å². The molecule has 0 saturated heterocycles. The van der Waals surface area contributed by atoms with Gasteiger partial charge in [0.05, 0.1) is 0 Å². The number of nitrogens with one attached hydrogen (secondary N) is 2. The van der Waals surface area contributed by atoms with Crippen LogP contribution in [-0.4, -0.2) is 12.2 Å². The van der Waals surface area contributed by atoms with E-state index in [1.807, 2.05) is 0 Å². The quantitative estimate of drug-likeness (QED) is 0.373. The Balaban J connectivity index is -0.0000000603. The van der Waals surface area contributed by atoms with Gasteiger partial charge in [0.15, 0.2) is 0 Å². The Morgan fingerprint density at radius 2 is 0.833 bits per heavy atom. The molecule has 0 aromatic carbocycles. The van der Waals surface area contributed by atoms with Gasteiger partial charge in [-0.25, -0.2) is 20.4 Å². The van der Waals surface area contributed by atoms with Gasteiger partial charge in [0, 0.05) is 0 Å². The van der Waals surface area contributed by atoms with Crippen molar-refractivity contribution >= 4 is 12.2 Å². The Bertz CT molecular complexity index is 151. The highest BCUT2D eigenvalue weighted by molar-refractivity contribution is 5.26. The van der Waals surface area contributed by atoms with Gasteiger partial charge in [-0.3, -0.25) is 0 Å². The Kier molecular flexibility index (Phi) is 74.8. The maximum Gasteiger partial charge on any atom is 0.231 e. The lowest BCUT2D eigenvalue weighted by Crippen LogP contribution is -1.77. The molecule has 4 heteroatoms. The van der Waals surface area contributed by atoms with E-state index in [-0.39, 0.29) is 14.9 Å². The smallest absolute Gasteiger partial charge is 0.222 e. The molecule has 0 heterocycles. The van der Waals surface area contributed by atoms with Crippen LogP contribution < -0.4 is 0 Å². The minimum Gasteiger partial charge on any atom is -0.222 e.